The third-order valence-electron chi connectivity index (χ3n) is 4.51. The molecule has 1 atom stereocenters. The minimum Gasteiger partial charge on any atom is -0.468 e. The first-order valence-corrected chi connectivity index (χ1v) is 7.89. The Balaban J connectivity index is 1.48. The molecule has 2 fully saturated rings. The van der Waals surface area contributed by atoms with Crippen molar-refractivity contribution in [3.8, 4) is 0 Å². The van der Waals surface area contributed by atoms with Crippen LogP contribution in [0, 0.1) is 0 Å². The summed E-state index contributed by atoms with van der Waals surface area (Å²) >= 11 is 0. The van der Waals surface area contributed by atoms with Gasteiger partial charge in [0, 0.05) is 30.7 Å². The van der Waals surface area contributed by atoms with Crippen molar-refractivity contribution >= 4 is 0 Å². The molecule has 2 heterocycles. The van der Waals surface area contributed by atoms with E-state index in [-0.39, 0.29) is 0 Å². The van der Waals surface area contributed by atoms with E-state index in [9.17, 15) is 0 Å². The van der Waals surface area contributed by atoms with Crippen molar-refractivity contribution in [3.05, 3.63) is 23.7 Å². The Morgan fingerprint density at radius 3 is 3.00 bits per heavy atom. The van der Waals surface area contributed by atoms with Crippen LogP contribution in [0.4, 0.5) is 0 Å². The average Bonchev–Trinajstić information content (AvgIpc) is 3.16. The smallest absolute Gasteiger partial charge is 0.118 e. The molecule has 20 heavy (non-hydrogen) atoms. The van der Waals surface area contributed by atoms with Gasteiger partial charge in [0.05, 0.1) is 12.8 Å². The standard InChI is InChI=1S/C16H27N3O/c1-18-7-3-4-15(10-18)19(2)11-16-8-13(12-20-16)9-17-14-5-6-14/h8,12,14-15,17H,3-7,9-11H2,1-2H3. The molecule has 1 aromatic heterocycles. The van der Waals surface area contributed by atoms with Crippen molar-refractivity contribution in [1.82, 2.24) is 15.1 Å². The Morgan fingerprint density at radius 2 is 2.25 bits per heavy atom. The first-order valence-electron chi connectivity index (χ1n) is 7.89. The highest BCUT2D eigenvalue weighted by Crippen LogP contribution is 2.20. The van der Waals surface area contributed by atoms with Gasteiger partial charge in [-0.05, 0) is 52.4 Å². The number of likely N-dealkylation sites (N-methyl/N-ethyl adjacent to an activating group) is 2. The SMILES string of the molecule is CN1CCCC(N(C)Cc2cc(CNC3CC3)co2)C1. The minimum absolute atomic E-state index is 0.659. The molecule has 4 nitrogen and oxygen atoms in total. The first-order chi connectivity index (χ1) is 9.70. The van der Waals surface area contributed by atoms with Gasteiger partial charge in [0.25, 0.3) is 0 Å². The number of nitrogens with zero attached hydrogens (tertiary/aromatic N) is 2. The van der Waals surface area contributed by atoms with Gasteiger partial charge >= 0.3 is 0 Å². The molecule has 0 radical (unpaired) electrons. The second kappa shape index (κ2) is 6.29. The molecule has 1 N–H and O–H groups in total. The fourth-order valence-electron chi connectivity index (χ4n) is 3.03. The lowest BCUT2D eigenvalue weighted by atomic mass is 10.1. The maximum absolute atomic E-state index is 5.71. The van der Waals surface area contributed by atoms with Crippen LogP contribution in [0.15, 0.2) is 16.7 Å². The van der Waals surface area contributed by atoms with E-state index in [0.29, 0.717) is 6.04 Å². The van der Waals surface area contributed by atoms with Crippen LogP contribution in [0.3, 0.4) is 0 Å². The Labute approximate surface area is 122 Å². The van der Waals surface area contributed by atoms with Crippen molar-refractivity contribution in [1.29, 1.82) is 0 Å². The van der Waals surface area contributed by atoms with Crippen LogP contribution in [0.5, 0.6) is 0 Å². The third kappa shape index (κ3) is 3.84. The van der Waals surface area contributed by atoms with Gasteiger partial charge in [-0.25, -0.2) is 0 Å². The van der Waals surface area contributed by atoms with E-state index in [1.54, 1.807) is 0 Å². The van der Waals surface area contributed by atoms with Gasteiger partial charge in [-0.2, -0.15) is 0 Å². The normalized spacial score (nSPS) is 24.4. The van der Waals surface area contributed by atoms with Gasteiger partial charge in [-0.3, -0.25) is 4.90 Å². The second-order valence-corrected chi connectivity index (χ2v) is 6.55. The van der Waals surface area contributed by atoms with Crippen LogP contribution >= 0.6 is 0 Å². The van der Waals surface area contributed by atoms with Gasteiger partial charge in [0.15, 0.2) is 0 Å². The molecule has 1 aromatic rings. The molecule has 112 valence electrons. The molecule has 0 bridgehead atoms. The van der Waals surface area contributed by atoms with Crippen LogP contribution in [0.1, 0.15) is 37.0 Å². The third-order valence-corrected chi connectivity index (χ3v) is 4.51. The highest BCUT2D eigenvalue weighted by atomic mass is 16.3. The van der Waals surface area contributed by atoms with Crippen molar-refractivity contribution in [2.75, 3.05) is 27.2 Å². The second-order valence-electron chi connectivity index (χ2n) is 6.55. The maximum Gasteiger partial charge on any atom is 0.118 e. The lowest BCUT2D eigenvalue weighted by molar-refractivity contribution is 0.123. The molecule has 2 aliphatic rings. The van der Waals surface area contributed by atoms with E-state index in [2.05, 4.69) is 35.3 Å². The molecular formula is C16H27N3O. The predicted octanol–water partition coefficient (Wildman–Crippen LogP) is 2.06. The summed E-state index contributed by atoms with van der Waals surface area (Å²) < 4.78 is 5.71. The van der Waals surface area contributed by atoms with Gasteiger partial charge in [0.1, 0.15) is 5.76 Å². The summed E-state index contributed by atoms with van der Waals surface area (Å²) in [4.78, 5) is 4.87. The van der Waals surface area contributed by atoms with E-state index >= 15 is 0 Å². The van der Waals surface area contributed by atoms with E-state index in [1.807, 2.05) is 6.26 Å². The van der Waals surface area contributed by atoms with Crippen molar-refractivity contribution in [2.45, 2.75) is 50.9 Å². The molecule has 4 heteroatoms. The Morgan fingerprint density at radius 1 is 1.40 bits per heavy atom. The Hall–Kier alpha value is -0.840. The maximum atomic E-state index is 5.71. The molecule has 1 unspecified atom stereocenters. The van der Waals surface area contributed by atoms with Crippen LogP contribution in [-0.4, -0.2) is 49.1 Å². The lowest BCUT2D eigenvalue weighted by Gasteiger charge is -2.35. The largest absolute Gasteiger partial charge is 0.468 e. The van der Waals surface area contributed by atoms with Crippen LogP contribution in [0.25, 0.3) is 0 Å². The van der Waals surface area contributed by atoms with E-state index in [1.165, 1.54) is 44.3 Å². The summed E-state index contributed by atoms with van der Waals surface area (Å²) in [6.45, 7) is 4.28. The molecule has 0 spiro atoms. The molecule has 1 aliphatic heterocycles. The molecule has 1 saturated carbocycles. The minimum atomic E-state index is 0.659. The van der Waals surface area contributed by atoms with Gasteiger partial charge in [0.2, 0.25) is 0 Å². The lowest BCUT2D eigenvalue weighted by Crippen LogP contribution is -2.44. The number of hydrogen-bond donors (Lipinski definition) is 1. The summed E-state index contributed by atoms with van der Waals surface area (Å²) in [5.41, 5.74) is 1.28. The van der Waals surface area contributed by atoms with Crippen molar-refractivity contribution in [2.24, 2.45) is 0 Å². The van der Waals surface area contributed by atoms with E-state index in [0.717, 1.165) is 24.9 Å². The Kier molecular flexibility index (Phi) is 4.44. The fraction of sp³-hybridized carbons (Fsp3) is 0.750. The van der Waals surface area contributed by atoms with E-state index in [4.69, 9.17) is 4.42 Å². The summed E-state index contributed by atoms with van der Waals surface area (Å²) in [7, 11) is 4.43. The first kappa shape index (κ1) is 14.1. The Bertz CT molecular complexity index is 427. The van der Waals surface area contributed by atoms with Gasteiger partial charge in [-0.1, -0.05) is 0 Å². The predicted molar refractivity (Wildman–Crippen MR) is 80.6 cm³/mol. The summed E-state index contributed by atoms with van der Waals surface area (Å²) in [5.74, 6) is 1.09. The number of hydrogen-bond acceptors (Lipinski definition) is 4. The quantitative estimate of drug-likeness (QED) is 0.862. The molecule has 1 aliphatic carbocycles. The number of piperidine rings is 1. The highest BCUT2D eigenvalue weighted by molar-refractivity contribution is 5.13. The summed E-state index contributed by atoms with van der Waals surface area (Å²) in [6.07, 6.45) is 7.19. The zero-order valence-electron chi connectivity index (χ0n) is 12.8. The summed E-state index contributed by atoms with van der Waals surface area (Å²) in [6, 6.07) is 3.62. The molecular weight excluding hydrogens is 250 g/mol. The molecule has 1 saturated heterocycles. The monoisotopic (exact) mass is 277 g/mol. The van der Waals surface area contributed by atoms with Crippen LogP contribution in [0.2, 0.25) is 0 Å². The zero-order chi connectivity index (χ0) is 13.9. The highest BCUT2D eigenvalue weighted by Gasteiger charge is 2.22. The van der Waals surface area contributed by atoms with Gasteiger partial charge in [-0.15, -0.1) is 0 Å². The molecule has 0 aromatic carbocycles. The molecule has 0 amide bonds. The topological polar surface area (TPSA) is 31.6 Å². The average molecular weight is 277 g/mol. The van der Waals surface area contributed by atoms with Crippen LogP contribution < -0.4 is 5.32 Å². The summed E-state index contributed by atoms with van der Waals surface area (Å²) in [5, 5.41) is 3.53. The fourth-order valence-corrected chi connectivity index (χ4v) is 3.03. The number of nitrogens with one attached hydrogen (secondary N) is 1. The molecule has 3 rings (SSSR count). The van der Waals surface area contributed by atoms with Crippen LogP contribution in [-0.2, 0) is 13.1 Å². The zero-order valence-corrected chi connectivity index (χ0v) is 12.8. The van der Waals surface area contributed by atoms with Gasteiger partial charge < -0.3 is 14.6 Å². The van der Waals surface area contributed by atoms with Crippen molar-refractivity contribution < 1.29 is 4.42 Å². The van der Waals surface area contributed by atoms with Crippen molar-refractivity contribution in [3.63, 3.8) is 0 Å². The number of rotatable bonds is 6. The van der Waals surface area contributed by atoms with E-state index < -0.39 is 0 Å². The number of likely N-dealkylation sites (tertiary alicyclic amines) is 1. The number of furan rings is 1.